The third-order valence-corrected chi connectivity index (χ3v) is 2.66. The zero-order valence-electron chi connectivity index (χ0n) is 9.98. The first-order chi connectivity index (χ1) is 8.91. The van der Waals surface area contributed by atoms with Crippen LogP contribution >= 0.6 is 0 Å². The van der Waals surface area contributed by atoms with Gasteiger partial charge in [0.1, 0.15) is 5.69 Å². The van der Waals surface area contributed by atoms with Crippen LogP contribution < -0.4 is 10.1 Å². The number of aromatic nitrogens is 2. The van der Waals surface area contributed by atoms with Crippen LogP contribution in [0, 0.1) is 0 Å². The Morgan fingerprint density at radius 3 is 2.79 bits per heavy atom. The molecule has 9 heteroatoms. The molecule has 1 aliphatic rings. The number of carbonyl (C=O) groups excluding carboxylic acids is 1. The van der Waals surface area contributed by atoms with E-state index in [1.807, 2.05) is 0 Å². The van der Waals surface area contributed by atoms with Crippen molar-refractivity contribution in [3.05, 3.63) is 6.20 Å². The lowest BCUT2D eigenvalue weighted by molar-refractivity contribution is -0.189. The maximum absolute atomic E-state index is 12.4. The number of anilines is 1. The molecule has 0 radical (unpaired) electrons. The van der Waals surface area contributed by atoms with Crippen LogP contribution in [0.1, 0.15) is 13.0 Å². The number of hydrogen-bond acceptors (Lipinski definition) is 4. The Kier molecular flexibility index (Phi) is 3.65. The Labute approximate surface area is 106 Å². The van der Waals surface area contributed by atoms with Gasteiger partial charge in [-0.2, -0.15) is 13.2 Å². The normalized spacial score (nSPS) is 17.7. The second kappa shape index (κ2) is 5.08. The molecule has 1 fully saturated rings. The van der Waals surface area contributed by atoms with E-state index in [0.717, 1.165) is 6.92 Å². The van der Waals surface area contributed by atoms with Gasteiger partial charge in [0.2, 0.25) is 6.41 Å². The van der Waals surface area contributed by atoms with Gasteiger partial charge in [0, 0.05) is 0 Å². The van der Waals surface area contributed by atoms with Crippen molar-refractivity contribution in [1.29, 1.82) is 0 Å². The van der Waals surface area contributed by atoms with Crippen LogP contribution in [0.2, 0.25) is 0 Å². The molecule has 2 heterocycles. The highest BCUT2D eigenvalue weighted by atomic mass is 19.4. The van der Waals surface area contributed by atoms with Crippen LogP contribution in [-0.4, -0.2) is 41.7 Å². The standard InChI is InChI=1S/C10H12F3N3O3/c1-6(10(11,12)13)19-9-8(14-5-17)2-16(15-9)7-3-18-4-7/h2,5-7H,3-4H2,1H3,(H,14,17)/t6-/m1/s1. The number of ether oxygens (including phenoxy) is 2. The molecule has 0 aromatic carbocycles. The van der Waals surface area contributed by atoms with Crippen molar-refractivity contribution in [2.75, 3.05) is 18.5 Å². The smallest absolute Gasteiger partial charge is 0.425 e. The number of halogens is 3. The van der Waals surface area contributed by atoms with Crippen LogP contribution in [0.5, 0.6) is 5.88 Å². The Morgan fingerprint density at radius 1 is 1.63 bits per heavy atom. The van der Waals surface area contributed by atoms with Crippen molar-refractivity contribution in [2.24, 2.45) is 0 Å². The number of hydrogen-bond donors (Lipinski definition) is 1. The summed E-state index contributed by atoms with van der Waals surface area (Å²) in [6.45, 7) is 1.73. The molecule has 1 aromatic rings. The summed E-state index contributed by atoms with van der Waals surface area (Å²) in [4.78, 5) is 10.4. The van der Waals surface area contributed by atoms with Gasteiger partial charge < -0.3 is 14.8 Å². The molecule has 2 rings (SSSR count). The zero-order valence-corrected chi connectivity index (χ0v) is 9.98. The third kappa shape index (κ3) is 2.98. The summed E-state index contributed by atoms with van der Waals surface area (Å²) in [6, 6.07) is -0.0502. The molecule has 1 amide bonds. The molecule has 19 heavy (non-hydrogen) atoms. The highest BCUT2D eigenvalue weighted by Crippen LogP contribution is 2.30. The van der Waals surface area contributed by atoms with E-state index in [1.54, 1.807) is 0 Å². The topological polar surface area (TPSA) is 65.4 Å². The molecular formula is C10H12F3N3O3. The first-order valence-corrected chi connectivity index (χ1v) is 5.52. The fraction of sp³-hybridized carbons (Fsp3) is 0.600. The van der Waals surface area contributed by atoms with E-state index in [0.29, 0.717) is 19.6 Å². The van der Waals surface area contributed by atoms with E-state index in [1.165, 1.54) is 10.9 Å². The van der Waals surface area contributed by atoms with Gasteiger partial charge in [-0.25, -0.2) is 0 Å². The number of rotatable bonds is 5. The summed E-state index contributed by atoms with van der Waals surface area (Å²) in [7, 11) is 0. The van der Waals surface area contributed by atoms with Crippen LogP contribution in [0.3, 0.4) is 0 Å². The average Bonchev–Trinajstić information content (AvgIpc) is 2.58. The number of carbonyl (C=O) groups is 1. The van der Waals surface area contributed by atoms with E-state index in [2.05, 4.69) is 10.4 Å². The number of nitrogens with zero attached hydrogens (tertiary/aromatic N) is 2. The van der Waals surface area contributed by atoms with Crippen molar-refractivity contribution < 1.29 is 27.4 Å². The van der Waals surface area contributed by atoms with Crippen LogP contribution in [-0.2, 0) is 9.53 Å². The largest absolute Gasteiger partial charge is 0.462 e. The van der Waals surface area contributed by atoms with E-state index >= 15 is 0 Å². The summed E-state index contributed by atoms with van der Waals surface area (Å²) in [6.07, 6.45) is -4.74. The first kappa shape index (κ1) is 13.7. The van der Waals surface area contributed by atoms with Crippen LogP contribution in [0.25, 0.3) is 0 Å². The molecule has 6 nitrogen and oxygen atoms in total. The predicted octanol–water partition coefficient (Wildman–Crippen LogP) is 1.35. The Balaban J connectivity index is 2.17. The lowest BCUT2D eigenvalue weighted by Gasteiger charge is -2.25. The van der Waals surface area contributed by atoms with Gasteiger partial charge in [-0.05, 0) is 6.92 Å². The van der Waals surface area contributed by atoms with Gasteiger partial charge in [0.15, 0.2) is 6.10 Å². The number of nitrogens with one attached hydrogen (secondary N) is 1. The summed E-state index contributed by atoms with van der Waals surface area (Å²) >= 11 is 0. The van der Waals surface area contributed by atoms with Gasteiger partial charge in [0.05, 0.1) is 25.5 Å². The Bertz CT molecular complexity index is 457. The third-order valence-electron chi connectivity index (χ3n) is 2.66. The van der Waals surface area contributed by atoms with Crippen molar-refractivity contribution >= 4 is 12.1 Å². The molecule has 0 bridgehead atoms. The van der Waals surface area contributed by atoms with Gasteiger partial charge in [-0.15, -0.1) is 5.10 Å². The quantitative estimate of drug-likeness (QED) is 0.826. The minimum atomic E-state index is -4.50. The maximum atomic E-state index is 12.4. The molecule has 1 saturated heterocycles. The molecule has 1 aromatic heterocycles. The van der Waals surface area contributed by atoms with Crippen molar-refractivity contribution in [2.45, 2.75) is 25.2 Å². The van der Waals surface area contributed by atoms with Crippen molar-refractivity contribution in [3.63, 3.8) is 0 Å². The maximum Gasteiger partial charge on any atom is 0.425 e. The molecule has 0 aliphatic carbocycles. The molecule has 1 atom stereocenters. The molecule has 0 saturated carbocycles. The SMILES string of the molecule is C[C@@H](Oc1nn(C2COC2)cc1NC=O)C(F)(F)F. The van der Waals surface area contributed by atoms with Gasteiger partial charge in [0.25, 0.3) is 5.88 Å². The van der Waals surface area contributed by atoms with Gasteiger partial charge in [-0.1, -0.05) is 0 Å². The Morgan fingerprint density at radius 2 is 2.32 bits per heavy atom. The van der Waals surface area contributed by atoms with Crippen LogP contribution in [0.4, 0.5) is 18.9 Å². The van der Waals surface area contributed by atoms with E-state index in [9.17, 15) is 18.0 Å². The fourth-order valence-electron chi connectivity index (χ4n) is 1.42. The highest BCUT2D eigenvalue weighted by molar-refractivity contribution is 5.73. The lowest BCUT2D eigenvalue weighted by atomic mass is 10.3. The minimum absolute atomic E-state index is 0.0502. The second-order valence-electron chi connectivity index (χ2n) is 4.08. The molecular weight excluding hydrogens is 267 g/mol. The monoisotopic (exact) mass is 279 g/mol. The van der Waals surface area contributed by atoms with E-state index < -0.39 is 12.3 Å². The molecule has 0 unspecified atom stereocenters. The lowest BCUT2D eigenvalue weighted by Crippen LogP contribution is -2.32. The van der Waals surface area contributed by atoms with E-state index in [-0.39, 0.29) is 17.6 Å². The highest BCUT2D eigenvalue weighted by Gasteiger charge is 2.39. The van der Waals surface area contributed by atoms with Gasteiger partial charge in [-0.3, -0.25) is 9.48 Å². The Hall–Kier alpha value is -1.77. The van der Waals surface area contributed by atoms with Gasteiger partial charge >= 0.3 is 6.18 Å². The molecule has 1 aliphatic heterocycles. The van der Waals surface area contributed by atoms with Crippen molar-refractivity contribution in [3.8, 4) is 5.88 Å². The average molecular weight is 279 g/mol. The zero-order chi connectivity index (χ0) is 14.0. The summed E-state index contributed by atoms with van der Waals surface area (Å²) < 4.78 is 48.4. The predicted molar refractivity (Wildman–Crippen MR) is 57.9 cm³/mol. The van der Waals surface area contributed by atoms with Crippen LogP contribution in [0.15, 0.2) is 6.20 Å². The van der Waals surface area contributed by atoms with E-state index in [4.69, 9.17) is 9.47 Å². The summed E-state index contributed by atoms with van der Waals surface area (Å²) in [5.41, 5.74) is 0.0954. The number of alkyl halides is 3. The fourth-order valence-corrected chi connectivity index (χ4v) is 1.42. The second-order valence-corrected chi connectivity index (χ2v) is 4.08. The molecule has 106 valence electrons. The first-order valence-electron chi connectivity index (χ1n) is 5.52. The molecule has 0 spiro atoms. The summed E-state index contributed by atoms with van der Waals surface area (Å²) in [5.74, 6) is -0.260. The minimum Gasteiger partial charge on any atom is -0.462 e. The van der Waals surface area contributed by atoms with Crippen molar-refractivity contribution in [1.82, 2.24) is 9.78 Å². The summed E-state index contributed by atoms with van der Waals surface area (Å²) in [5, 5.41) is 6.16. The molecule has 1 N–H and O–H groups in total. The number of amides is 1.